The lowest BCUT2D eigenvalue weighted by Crippen LogP contribution is -2.42. The van der Waals surface area contributed by atoms with Crippen LogP contribution >= 0.6 is 0 Å². The number of likely N-dealkylation sites (tertiary alicyclic amines) is 1. The van der Waals surface area contributed by atoms with Gasteiger partial charge in [0.15, 0.2) is 6.73 Å². The fourth-order valence-electron chi connectivity index (χ4n) is 6.32. The number of carbonyl (C=O) groups excluding carboxylic acids is 2. The number of hydrogen-bond acceptors (Lipinski definition) is 6. The van der Waals surface area contributed by atoms with Gasteiger partial charge in [0.2, 0.25) is 0 Å². The van der Waals surface area contributed by atoms with Crippen LogP contribution in [0.25, 0.3) is 11.1 Å². The molecule has 2 heterocycles. The molecule has 8 nitrogen and oxygen atoms in total. The maximum absolute atomic E-state index is 12.7. The number of nitrogens with zero attached hydrogens (tertiary/aromatic N) is 3. The minimum Gasteiger partial charge on any atom is -0.472 e. The third-order valence-corrected chi connectivity index (χ3v) is 9.10. The third kappa shape index (κ3) is 10.1. The van der Waals surface area contributed by atoms with E-state index in [1.165, 1.54) is 44.9 Å². The number of piperidine rings is 1. The molecule has 2 aliphatic heterocycles. The smallest absolute Gasteiger partial charge is 0.411 e. The number of hydrogen-bond donors (Lipinski definition) is 1. The normalized spacial score (nSPS) is 15.4. The summed E-state index contributed by atoms with van der Waals surface area (Å²) in [5.41, 5.74) is 3.49. The number of anilines is 1. The average Bonchev–Trinajstić information content (AvgIpc) is 3.08. The first kappa shape index (κ1) is 33.5. The number of nitrogens with one attached hydrogen (secondary N) is 1. The van der Waals surface area contributed by atoms with Crippen molar-refractivity contribution in [3.8, 4) is 16.9 Å². The van der Waals surface area contributed by atoms with E-state index in [2.05, 4.69) is 22.2 Å². The van der Waals surface area contributed by atoms with E-state index >= 15 is 0 Å². The van der Waals surface area contributed by atoms with Crippen molar-refractivity contribution in [3.63, 3.8) is 0 Å². The summed E-state index contributed by atoms with van der Waals surface area (Å²) in [5, 5.41) is 2.97. The molecule has 0 unspecified atom stereocenters. The second kappa shape index (κ2) is 17.7. The van der Waals surface area contributed by atoms with Crippen molar-refractivity contribution in [1.82, 2.24) is 14.7 Å². The van der Waals surface area contributed by atoms with Crippen molar-refractivity contribution in [2.75, 3.05) is 58.4 Å². The zero-order chi connectivity index (χ0) is 32.0. The van der Waals surface area contributed by atoms with Gasteiger partial charge in [0.05, 0.1) is 11.3 Å². The molecule has 1 fully saturated rings. The number of rotatable bonds is 16. The fourth-order valence-corrected chi connectivity index (χ4v) is 6.32. The number of para-hydroxylation sites is 2. The van der Waals surface area contributed by atoms with Crippen LogP contribution in [-0.4, -0.2) is 85.9 Å². The second-order valence-electron chi connectivity index (χ2n) is 12.6. The number of likely N-dealkylation sites (N-methyl/N-ethyl adjacent to an activating group) is 1. The topological polar surface area (TPSA) is 74.3 Å². The number of unbranched alkanes of at least 4 members (excludes halogenated alkanes) is 6. The average molecular weight is 627 g/mol. The van der Waals surface area contributed by atoms with Crippen LogP contribution in [0.5, 0.6) is 5.75 Å². The molecular weight excluding hydrogens is 576 g/mol. The highest BCUT2D eigenvalue weighted by Crippen LogP contribution is 2.28. The summed E-state index contributed by atoms with van der Waals surface area (Å²) in [7, 11) is 2.14. The monoisotopic (exact) mass is 626 g/mol. The van der Waals surface area contributed by atoms with Gasteiger partial charge in [0.1, 0.15) is 11.9 Å². The molecule has 8 heteroatoms. The summed E-state index contributed by atoms with van der Waals surface area (Å²) >= 11 is 0. The molecular formula is C38H50N4O4. The summed E-state index contributed by atoms with van der Waals surface area (Å²) in [6.45, 7) is 6.04. The van der Waals surface area contributed by atoms with Crippen LogP contribution in [0.2, 0.25) is 0 Å². The van der Waals surface area contributed by atoms with Gasteiger partial charge >= 0.3 is 6.09 Å². The number of carbonyl (C=O) groups is 2. The Morgan fingerprint density at radius 2 is 1.46 bits per heavy atom. The maximum Gasteiger partial charge on any atom is 0.411 e. The molecule has 1 saturated heterocycles. The quantitative estimate of drug-likeness (QED) is 0.166. The van der Waals surface area contributed by atoms with Gasteiger partial charge in [-0.1, -0.05) is 92.8 Å². The van der Waals surface area contributed by atoms with Crippen LogP contribution in [0.4, 0.5) is 10.5 Å². The Morgan fingerprint density at radius 1 is 0.804 bits per heavy atom. The Morgan fingerprint density at radius 3 is 2.24 bits per heavy atom. The fraction of sp³-hybridized carbons (Fsp3) is 0.474. The van der Waals surface area contributed by atoms with Crippen LogP contribution in [0.1, 0.15) is 68.1 Å². The minimum atomic E-state index is -0.371. The summed E-state index contributed by atoms with van der Waals surface area (Å²) in [6.07, 6.45) is 10.2. The van der Waals surface area contributed by atoms with Crippen molar-refractivity contribution in [2.24, 2.45) is 0 Å². The molecule has 0 atom stereocenters. The Hall–Kier alpha value is -3.88. The van der Waals surface area contributed by atoms with Crippen LogP contribution < -0.4 is 10.1 Å². The predicted octanol–water partition coefficient (Wildman–Crippen LogP) is 7.52. The maximum atomic E-state index is 12.7. The van der Waals surface area contributed by atoms with E-state index in [0.717, 1.165) is 62.4 Å². The van der Waals surface area contributed by atoms with Gasteiger partial charge in [0, 0.05) is 31.7 Å². The Bertz CT molecular complexity index is 1380. The van der Waals surface area contributed by atoms with Gasteiger partial charge in [-0.15, -0.1) is 0 Å². The molecule has 0 bridgehead atoms. The Kier molecular flexibility index (Phi) is 12.9. The summed E-state index contributed by atoms with van der Waals surface area (Å²) in [4.78, 5) is 32.0. The Balaban J connectivity index is 0.855. The highest BCUT2D eigenvalue weighted by Gasteiger charge is 2.25. The van der Waals surface area contributed by atoms with Crippen LogP contribution in [0, 0.1) is 0 Å². The molecule has 2 amide bonds. The lowest BCUT2D eigenvalue weighted by atomic mass is 10.0. The van der Waals surface area contributed by atoms with E-state index in [0.29, 0.717) is 24.6 Å². The number of amides is 2. The first-order valence-electron chi connectivity index (χ1n) is 17.1. The molecule has 0 radical (unpaired) electrons. The number of benzene rings is 3. The molecule has 1 N–H and O–H groups in total. The van der Waals surface area contributed by atoms with Gasteiger partial charge in [-0.05, 0) is 69.6 Å². The predicted molar refractivity (Wildman–Crippen MR) is 184 cm³/mol. The van der Waals surface area contributed by atoms with Gasteiger partial charge in [-0.25, -0.2) is 4.79 Å². The molecule has 0 aromatic heterocycles. The van der Waals surface area contributed by atoms with Crippen molar-refractivity contribution in [3.05, 3.63) is 84.4 Å². The molecule has 0 saturated carbocycles. The van der Waals surface area contributed by atoms with Crippen molar-refractivity contribution < 1.29 is 19.1 Å². The number of fused-ring (bicyclic) bond motifs is 1. The molecule has 246 valence electrons. The first-order valence-corrected chi connectivity index (χ1v) is 17.1. The highest BCUT2D eigenvalue weighted by atomic mass is 16.6. The summed E-state index contributed by atoms with van der Waals surface area (Å²) in [5.74, 6) is 0.753. The van der Waals surface area contributed by atoms with Crippen molar-refractivity contribution >= 4 is 17.7 Å². The molecule has 2 aliphatic rings. The van der Waals surface area contributed by atoms with E-state index in [9.17, 15) is 9.59 Å². The van der Waals surface area contributed by atoms with E-state index in [1.54, 1.807) is 4.90 Å². The molecule has 3 aromatic carbocycles. The molecule has 46 heavy (non-hydrogen) atoms. The van der Waals surface area contributed by atoms with Crippen molar-refractivity contribution in [2.45, 2.75) is 63.9 Å². The number of ether oxygens (including phenoxy) is 2. The van der Waals surface area contributed by atoms with E-state index in [-0.39, 0.29) is 18.1 Å². The van der Waals surface area contributed by atoms with Gasteiger partial charge in [0.25, 0.3) is 5.91 Å². The van der Waals surface area contributed by atoms with E-state index in [1.807, 2.05) is 78.9 Å². The largest absolute Gasteiger partial charge is 0.472 e. The molecule has 0 aliphatic carbocycles. The standard InChI is InChI=1S/C38H50N4O4/c1-40(28-29-42-30-45-36-21-13-11-19-34(36)37(42)43)24-14-5-3-2-4-6-15-25-41-26-22-32(23-27-41)46-38(44)39-35-20-12-10-18-33(35)31-16-8-7-9-17-31/h7-13,16-21,32H,2-6,14-15,22-30H2,1H3,(H,39,44). The molecule has 3 aromatic rings. The minimum absolute atomic E-state index is 0.0297. The zero-order valence-electron chi connectivity index (χ0n) is 27.4. The highest BCUT2D eigenvalue weighted by molar-refractivity contribution is 5.97. The van der Waals surface area contributed by atoms with E-state index < -0.39 is 0 Å². The summed E-state index contributed by atoms with van der Waals surface area (Å²) < 4.78 is 11.5. The molecule has 5 rings (SSSR count). The van der Waals surface area contributed by atoms with Crippen LogP contribution in [0.3, 0.4) is 0 Å². The van der Waals surface area contributed by atoms with E-state index in [4.69, 9.17) is 9.47 Å². The van der Waals surface area contributed by atoms with Crippen molar-refractivity contribution in [1.29, 1.82) is 0 Å². The Labute approximate surface area is 274 Å². The third-order valence-electron chi connectivity index (χ3n) is 9.10. The summed E-state index contributed by atoms with van der Waals surface area (Å²) in [6, 6.07) is 25.4. The zero-order valence-corrected chi connectivity index (χ0v) is 27.4. The van der Waals surface area contributed by atoms with Gasteiger partial charge in [-0.3, -0.25) is 10.1 Å². The van der Waals surface area contributed by atoms with Gasteiger partial charge in [-0.2, -0.15) is 0 Å². The van der Waals surface area contributed by atoms with Crippen LogP contribution in [-0.2, 0) is 4.74 Å². The second-order valence-corrected chi connectivity index (χ2v) is 12.6. The van der Waals surface area contributed by atoms with Crippen LogP contribution in [0.15, 0.2) is 78.9 Å². The van der Waals surface area contributed by atoms with Gasteiger partial charge < -0.3 is 24.2 Å². The first-order chi connectivity index (χ1) is 22.6. The molecule has 0 spiro atoms. The SMILES string of the molecule is CN(CCCCCCCCCN1CCC(OC(=O)Nc2ccccc2-c2ccccc2)CC1)CCN1COc2ccccc2C1=O. The lowest BCUT2D eigenvalue weighted by Gasteiger charge is -2.31. The lowest BCUT2D eigenvalue weighted by molar-refractivity contribution is 0.0497.